The van der Waals surface area contributed by atoms with Crippen LogP contribution < -0.4 is 11.4 Å². The van der Waals surface area contributed by atoms with Gasteiger partial charge in [0.2, 0.25) is 0 Å². The third-order valence-electron chi connectivity index (χ3n) is 0.856. The summed E-state index contributed by atoms with van der Waals surface area (Å²) in [5.74, 6) is -0.0598. The molecule has 1 aromatic heterocycles. The van der Waals surface area contributed by atoms with Gasteiger partial charge in [0.1, 0.15) is 10.2 Å². The van der Waals surface area contributed by atoms with Gasteiger partial charge in [-0.25, -0.2) is 4.79 Å². The zero-order valence-corrected chi connectivity index (χ0v) is 6.20. The van der Waals surface area contributed by atoms with Gasteiger partial charge in [-0.1, -0.05) is 23.2 Å². The SMILES string of the molecule is Nc1nc(=O)[nH]c(Cl)c1Cl. The minimum Gasteiger partial charge on any atom is -0.382 e. The van der Waals surface area contributed by atoms with E-state index >= 15 is 0 Å². The molecule has 0 fully saturated rings. The van der Waals surface area contributed by atoms with E-state index in [1.54, 1.807) is 0 Å². The molecule has 3 N–H and O–H groups in total. The Bertz CT molecular complexity index is 282. The van der Waals surface area contributed by atoms with Crippen LogP contribution in [0.15, 0.2) is 4.79 Å². The number of nitrogens with one attached hydrogen (secondary N) is 1. The Balaban J connectivity index is 3.46. The van der Waals surface area contributed by atoms with Crippen molar-refractivity contribution in [3.8, 4) is 0 Å². The number of hydrogen-bond donors (Lipinski definition) is 2. The Kier molecular flexibility index (Phi) is 1.82. The third-order valence-corrected chi connectivity index (χ3v) is 1.62. The van der Waals surface area contributed by atoms with Crippen LogP contribution in [0.2, 0.25) is 10.2 Å². The molecule has 1 heterocycles. The Labute approximate surface area is 66.0 Å². The second-order valence-corrected chi connectivity index (χ2v) is 2.31. The van der Waals surface area contributed by atoms with E-state index in [-0.39, 0.29) is 16.0 Å². The molecule has 0 aliphatic carbocycles. The molecular weight excluding hydrogens is 177 g/mol. The predicted molar refractivity (Wildman–Crippen MR) is 39.3 cm³/mol. The fourth-order valence-electron chi connectivity index (χ4n) is 0.448. The Morgan fingerprint density at radius 2 is 2.10 bits per heavy atom. The van der Waals surface area contributed by atoms with E-state index in [2.05, 4.69) is 9.97 Å². The van der Waals surface area contributed by atoms with Crippen molar-refractivity contribution in [2.75, 3.05) is 5.73 Å². The van der Waals surface area contributed by atoms with E-state index in [0.29, 0.717) is 0 Å². The minimum atomic E-state index is -0.605. The van der Waals surface area contributed by atoms with Crippen molar-refractivity contribution in [3.63, 3.8) is 0 Å². The summed E-state index contributed by atoms with van der Waals surface area (Å²) in [6.45, 7) is 0. The average molecular weight is 180 g/mol. The second kappa shape index (κ2) is 2.48. The highest BCUT2D eigenvalue weighted by molar-refractivity contribution is 6.42. The summed E-state index contributed by atoms with van der Waals surface area (Å²) in [7, 11) is 0. The first-order valence-corrected chi connectivity index (χ1v) is 3.07. The number of hydrogen-bond acceptors (Lipinski definition) is 3. The van der Waals surface area contributed by atoms with Gasteiger partial charge < -0.3 is 5.73 Å². The molecule has 54 valence electrons. The van der Waals surface area contributed by atoms with Crippen LogP contribution in [-0.2, 0) is 0 Å². The maximum atomic E-state index is 10.5. The van der Waals surface area contributed by atoms with Crippen molar-refractivity contribution >= 4 is 29.0 Å². The molecule has 1 rings (SSSR count). The van der Waals surface area contributed by atoms with Crippen LogP contribution in [0.4, 0.5) is 5.82 Å². The largest absolute Gasteiger partial charge is 0.382 e. The second-order valence-electron chi connectivity index (χ2n) is 1.56. The van der Waals surface area contributed by atoms with Crippen molar-refractivity contribution in [3.05, 3.63) is 20.7 Å². The van der Waals surface area contributed by atoms with Crippen LogP contribution in [0.5, 0.6) is 0 Å². The summed E-state index contributed by atoms with van der Waals surface area (Å²) >= 11 is 10.9. The molecule has 1 aromatic rings. The average Bonchev–Trinajstić information content (AvgIpc) is 1.82. The van der Waals surface area contributed by atoms with Crippen molar-refractivity contribution in [2.45, 2.75) is 0 Å². The van der Waals surface area contributed by atoms with Gasteiger partial charge in [-0.2, -0.15) is 4.98 Å². The minimum absolute atomic E-state index is 0.0131. The summed E-state index contributed by atoms with van der Waals surface area (Å²) < 4.78 is 0. The van der Waals surface area contributed by atoms with Gasteiger partial charge in [-0.3, -0.25) is 4.98 Å². The third kappa shape index (κ3) is 1.22. The molecule has 4 nitrogen and oxygen atoms in total. The van der Waals surface area contributed by atoms with Crippen molar-refractivity contribution in [1.29, 1.82) is 0 Å². The molecule has 0 spiro atoms. The topological polar surface area (TPSA) is 71.8 Å². The van der Waals surface area contributed by atoms with Crippen LogP contribution in [0.3, 0.4) is 0 Å². The van der Waals surface area contributed by atoms with E-state index in [1.165, 1.54) is 0 Å². The van der Waals surface area contributed by atoms with E-state index in [0.717, 1.165) is 0 Å². The van der Waals surface area contributed by atoms with E-state index in [9.17, 15) is 4.79 Å². The summed E-state index contributed by atoms with van der Waals surface area (Å²) in [5.41, 5.74) is 4.57. The lowest BCUT2D eigenvalue weighted by Gasteiger charge is -1.95. The monoisotopic (exact) mass is 179 g/mol. The Hall–Kier alpha value is -0.740. The molecule has 0 atom stereocenters. The zero-order chi connectivity index (χ0) is 7.72. The molecule has 0 aromatic carbocycles. The highest BCUT2D eigenvalue weighted by Gasteiger charge is 2.03. The number of aromatic amines is 1. The lowest BCUT2D eigenvalue weighted by atomic mass is 10.6. The van der Waals surface area contributed by atoms with Crippen LogP contribution >= 0.6 is 23.2 Å². The molecule has 10 heavy (non-hydrogen) atoms. The molecule has 0 amide bonds. The summed E-state index contributed by atoms with van der Waals surface area (Å²) in [4.78, 5) is 15.9. The predicted octanol–water partition coefficient (Wildman–Crippen LogP) is 0.659. The smallest absolute Gasteiger partial charge is 0.348 e. The number of H-pyrrole nitrogens is 1. The van der Waals surface area contributed by atoms with Crippen molar-refractivity contribution < 1.29 is 0 Å². The molecule has 0 saturated carbocycles. The van der Waals surface area contributed by atoms with Gasteiger partial charge in [-0.05, 0) is 0 Å². The summed E-state index contributed by atoms with van der Waals surface area (Å²) in [6.07, 6.45) is 0. The molecule has 6 heteroatoms. The first-order chi connectivity index (χ1) is 4.61. The van der Waals surface area contributed by atoms with E-state index in [1.807, 2.05) is 0 Å². The lowest BCUT2D eigenvalue weighted by Crippen LogP contribution is -2.12. The Morgan fingerprint density at radius 3 is 2.60 bits per heavy atom. The molecule has 0 radical (unpaired) electrons. The fourth-order valence-corrected chi connectivity index (χ4v) is 0.715. The van der Waals surface area contributed by atoms with E-state index < -0.39 is 5.69 Å². The molecule has 0 aliphatic heterocycles. The van der Waals surface area contributed by atoms with Crippen LogP contribution in [0.25, 0.3) is 0 Å². The normalized spacial score (nSPS) is 9.80. The van der Waals surface area contributed by atoms with Gasteiger partial charge in [-0.15, -0.1) is 0 Å². The maximum Gasteiger partial charge on any atom is 0.348 e. The molecule has 0 bridgehead atoms. The first kappa shape index (κ1) is 7.37. The highest BCUT2D eigenvalue weighted by Crippen LogP contribution is 2.20. The first-order valence-electron chi connectivity index (χ1n) is 2.32. The van der Waals surface area contributed by atoms with Gasteiger partial charge in [0, 0.05) is 0 Å². The standard InChI is InChI=1S/C4H3Cl2N3O/c5-1-2(6)8-4(10)9-3(1)7/h(H3,7,8,9,10). The van der Waals surface area contributed by atoms with Crippen molar-refractivity contribution in [1.82, 2.24) is 9.97 Å². The number of anilines is 1. The number of halogens is 2. The zero-order valence-electron chi connectivity index (χ0n) is 4.69. The van der Waals surface area contributed by atoms with Gasteiger partial charge in [0.15, 0.2) is 5.82 Å². The number of nitrogens with two attached hydrogens (primary N) is 1. The number of nitrogens with zero attached hydrogens (tertiary/aromatic N) is 1. The Morgan fingerprint density at radius 1 is 1.50 bits per heavy atom. The lowest BCUT2D eigenvalue weighted by molar-refractivity contribution is 1.08. The highest BCUT2D eigenvalue weighted by atomic mass is 35.5. The van der Waals surface area contributed by atoms with Gasteiger partial charge in [0.25, 0.3) is 0 Å². The molecule has 0 aliphatic rings. The quantitative estimate of drug-likeness (QED) is 0.576. The number of nitrogen functional groups attached to an aromatic ring is 1. The maximum absolute atomic E-state index is 10.5. The van der Waals surface area contributed by atoms with Crippen LogP contribution in [0.1, 0.15) is 0 Å². The van der Waals surface area contributed by atoms with Crippen LogP contribution in [0, 0.1) is 0 Å². The molecule has 0 unspecified atom stereocenters. The summed E-state index contributed by atoms with van der Waals surface area (Å²) in [6, 6.07) is 0. The van der Waals surface area contributed by atoms with Gasteiger partial charge >= 0.3 is 5.69 Å². The van der Waals surface area contributed by atoms with E-state index in [4.69, 9.17) is 28.9 Å². The van der Waals surface area contributed by atoms with Crippen LogP contribution in [-0.4, -0.2) is 9.97 Å². The molecule has 0 saturated heterocycles. The molecular formula is C4H3Cl2N3O. The van der Waals surface area contributed by atoms with Crippen molar-refractivity contribution in [2.24, 2.45) is 0 Å². The fraction of sp³-hybridized carbons (Fsp3) is 0. The number of rotatable bonds is 0. The van der Waals surface area contributed by atoms with Gasteiger partial charge in [0.05, 0.1) is 0 Å². The number of aromatic nitrogens is 2. The summed E-state index contributed by atoms with van der Waals surface area (Å²) in [5, 5.41) is 0.0837.